The second-order valence-corrected chi connectivity index (χ2v) is 5.36. The average molecular weight is 235 g/mol. The lowest BCUT2D eigenvalue weighted by Gasteiger charge is -2.36. The van der Waals surface area contributed by atoms with Crippen LogP contribution in [0.4, 0.5) is 0 Å². The molecule has 0 radical (unpaired) electrons. The monoisotopic (exact) mass is 234 g/mol. The van der Waals surface area contributed by atoms with E-state index in [0.717, 1.165) is 0 Å². The molecule has 15 heavy (non-hydrogen) atoms. The molecule has 3 unspecified atom stereocenters. The molecule has 0 aromatic heterocycles. The van der Waals surface area contributed by atoms with Crippen molar-refractivity contribution in [1.29, 1.82) is 0 Å². The second-order valence-electron chi connectivity index (χ2n) is 4.79. The van der Waals surface area contributed by atoms with Crippen molar-refractivity contribution in [2.24, 2.45) is 5.41 Å². The maximum absolute atomic E-state index is 12.0. The number of halogens is 1. The van der Waals surface area contributed by atoms with Gasteiger partial charge in [0.25, 0.3) is 0 Å². The van der Waals surface area contributed by atoms with Crippen LogP contribution in [0.2, 0.25) is 0 Å². The van der Waals surface area contributed by atoms with Crippen LogP contribution in [-0.4, -0.2) is 37.2 Å². The van der Waals surface area contributed by atoms with Crippen molar-refractivity contribution < 1.29 is 9.53 Å². The molecule has 0 bridgehead atoms. The first kappa shape index (κ1) is 12.9. The molecule has 1 aliphatic heterocycles. The molecule has 1 fully saturated rings. The van der Waals surface area contributed by atoms with Gasteiger partial charge in [0.05, 0.1) is 5.38 Å². The molecule has 0 aliphatic carbocycles. The lowest BCUT2D eigenvalue weighted by Crippen LogP contribution is -2.64. The van der Waals surface area contributed by atoms with Gasteiger partial charge in [0.2, 0.25) is 0 Å². The first-order chi connectivity index (χ1) is 6.86. The number of ketones is 1. The van der Waals surface area contributed by atoms with E-state index in [9.17, 15) is 4.79 Å². The Hall–Kier alpha value is -0.160. The highest BCUT2D eigenvalue weighted by Gasteiger charge is 2.36. The summed E-state index contributed by atoms with van der Waals surface area (Å²) in [5.41, 5.74) is -0.373. The molecule has 2 N–H and O–H groups in total. The molecule has 1 aliphatic rings. The molecule has 0 aromatic rings. The molecule has 3 atom stereocenters. The summed E-state index contributed by atoms with van der Waals surface area (Å²) in [5, 5.41) is 5.96. The van der Waals surface area contributed by atoms with Gasteiger partial charge in [-0.25, -0.2) is 0 Å². The van der Waals surface area contributed by atoms with Crippen molar-refractivity contribution in [3.8, 4) is 0 Å². The summed E-state index contributed by atoms with van der Waals surface area (Å²) in [7, 11) is 1.58. The van der Waals surface area contributed by atoms with Crippen molar-refractivity contribution in [2.75, 3.05) is 13.7 Å². The van der Waals surface area contributed by atoms with Crippen LogP contribution >= 0.6 is 11.6 Å². The van der Waals surface area contributed by atoms with Gasteiger partial charge in [-0.3, -0.25) is 15.4 Å². The van der Waals surface area contributed by atoms with Crippen LogP contribution in [0.15, 0.2) is 0 Å². The standard InChI is InChI=1S/C10H19ClN2O2/c1-10(2,3)7(14)8-12-5-6(11)9(13-8)15-4/h6,8-9,12-13H,5H2,1-4H3. The zero-order valence-corrected chi connectivity index (χ0v) is 10.4. The summed E-state index contributed by atoms with van der Waals surface area (Å²) in [5.74, 6) is 0.119. The Morgan fingerprint density at radius 2 is 2.07 bits per heavy atom. The average Bonchev–Trinajstić information content (AvgIpc) is 2.16. The summed E-state index contributed by atoms with van der Waals surface area (Å²) in [6.45, 7) is 6.26. The molecule has 0 aromatic carbocycles. The van der Waals surface area contributed by atoms with Gasteiger partial charge in [-0.2, -0.15) is 0 Å². The lowest BCUT2D eigenvalue weighted by atomic mass is 9.88. The summed E-state index contributed by atoms with van der Waals surface area (Å²) in [6.07, 6.45) is -0.644. The van der Waals surface area contributed by atoms with Gasteiger partial charge in [-0.05, 0) is 0 Å². The number of rotatable bonds is 2. The van der Waals surface area contributed by atoms with Gasteiger partial charge in [-0.15, -0.1) is 11.6 Å². The SMILES string of the molecule is COC1NC(C(=O)C(C)(C)C)NCC1Cl. The van der Waals surface area contributed by atoms with E-state index >= 15 is 0 Å². The lowest BCUT2D eigenvalue weighted by molar-refractivity contribution is -0.131. The Labute approximate surface area is 95.7 Å². The molecule has 1 rings (SSSR count). The van der Waals surface area contributed by atoms with E-state index in [0.29, 0.717) is 6.54 Å². The first-order valence-electron chi connectivity index (χ1n) is 5.07. The summed E-state index contributed by atoms with van der Waals surface area (Å²) >= 11 is 6.01. The maximum Gasteiger partial charge on any atom is 0.169 e. The Bertz CT molecular complexity index is 240. The predicted octanol–water partition coefficient (Wildman–Crippen LogP) is 0.700. The molecular weight excluding hydrogens is 216 g/mol. The van der Waals surface area contributed by atoms with Crippen LogP contribution in [0.3, 0.4) is 0 Å². The zero-order chi connectivity index (χ0) is 11.6. The van der Waals surface area contributed by atoms with E-state index in [1.165, 1.54) is 0 Å². The van der Waals surface area contributed by atoms with Gasteiger partial charge < -0.3 is 4.74 Å². The summed E-state index contributed by atoms with van der Waals surface area (Å²) in [4.78, 5) is 12.0. The minimum atomic E-state index is -0.373. The number of nitrogens with one attached hydrogen (secondary N) is 2. The van der Waals surface area contributed by atoms with Crippen LogP contribution in [0.25, 0.3) is 0 Å². The van der Waals surface area contributed by atoms with Gasteiger partial charge in [-0.1, -0.05) is 20.8 Å². The molecule has 4 nitrogen and oxygen atoms in total. The summed E-state index contributed by atoms with van der Waals surface area (Å²) in [6, 6.07) is 0. The second kappa shape index (κ2) is 4.78. The molecule has 0 amide bonds. The highest BCUT2D eigenvalue weighted by Crippen LogP contribution is 2.18. The Morgan fingerprint density at radius 1 is 1.47 bits per heavy atom. The fourth-order valence-corrected chi connectivity index (χ4v) is 1.75. The van der Waals surface area contributed by atoms with Crippen LogP contribution in [0.1, 0.15) is 20.8 Å². The smallest absolute Gasteiger partial charge is 0.169 e. The van der Waals surface area contributed by atoms with E-state index < -0.39 is 0 Å². The number of carbonyl (C=O) groups is 1. The molecular formula is C10H19ClN2O2. The van der Waals surface area contributed by atoms with Crippen molar-refractivity contribution >= 4 is 17.4 Å². The van der Waals surface area contributed by atoms with Gasteiger partial charge in [0.15, 0.2) is 5.78 Å². The van der Waals surface area contributed by atoms with E-state index in [-0.39, 0.29) is 29.0 Å². The number of hydrogen-bond acceptors (Lipinski definition) is 4. The number of alkyl halides is 1. The zero-order valence-electron chi connectivity index (χ0n) is 9.63. The fraction of sp³-hybridized carbons (Fsp3) is 0.900. The van der Waals surface area contributed by atoms with Crippen LogP contribution < -0.4 is 10.6 Å². The fourth-order valence-electron chi connectivity index (χ4n) is 1.48. The van der Waals surface area contributed by atoms with Gasteiger partial charge in [0, 0.05) is 19.1 Å². The Kier molecular flexibility index (Phi) is 4.12. The first-order valence-corrected chi connectivity index (χ1v) is 5.50. The minimum Gasteiger partial charge on any atom is -0.365 e. The van der Waals surface area contributed by atoms with E-state index in [1.54, 1.807) is 7.11 Å². The topological polar surface area (TPSA) is 50.4 Å². The molecule has 5 heteroatoms. The van der Waals surface area contributed by atoms with Crippen molar-refractivity contribution in [3.05, 3.63) is 0 Å². The molecule has 0 spiro atoms. The maximum atomic E-state index is 12.0. The third kappa shape index (κ3) is 3.14. The third-order valence-electron chi connectivity index (χ3n) is 2.43. The number of Topliss-reactive ketones (excluding diaryl/α,β-unsaturated/α-hetero) is 1. The van der Waals surface area contributed by atoms with Crippen molar-refractivity contribution in [3.63, 3.8) is 0 Å². The molecule has 1 saturated heterocycles. The molecule has 88 valence electrons. The third-order valence-corrected chi connectivity index (χ3v) is 2.81. The molecule has 0 saturated carbocycles. The Balaban J connectivity index is 2.62. The highest BCUT2D eigenvalue weighted by molar-refractivity contribution is 6.21. The van der Waals surface area contributed by atoms with Crippen LogP contribution in [0.5, 0.6) is 0 Å². The quantitative estimate of drug-likeness (QED) is 0.691. The van der Waals surface area contributed by atoms with Gasteiger partial charge in [0.1, 0.15) is 12.4 Å². The largest absolute Gasteiger partial charge is 0.365 e. The highest BCUT2D eigenvalue weighted by atomic mass is 35.5. The van der Waals surface area contributed by atoms with Crippen molar-refractivity contribution in [1.82, 2.24) is 10.6 Å². The van der Waals surface area contributed by atoms with E-state index in [4.69, 9.17) is 16.3 Å². The van der Waals surface area contributed by atoms with Crippen LogP contribution in [-0.2, 0) is 9.53 Å². The number of ether oxygens (including phenoxy) is 1. The molecule has 1 heterocycles. The normalized spacial score (nSPS) is 32.7. The van der Waals surface area contributed by atoms with Crippen LogP contribution in [0, 0.1) is 5.41 Å². The van der Waals surface area contributed by atoms with Gasteiger partial charge >= 0.3 is 0 Å². The number of hydrogen-bond donors (Lipinski definition) is 2. The minimum absolute atomic E-state index is 0.119. The van der Waals surface area contributed by atoms with E-state index in [1.807, 2.05) is 20.8 Å². The van der Waals surface area contributed by atoms with E-state index in [2.05, 4.69) is 10.6 Å². The number of methoxy groups -OCH3 is 1. The number of carbonyl (C=O) groups excluding carboxylic acids is 1. The van der Waals surface area contributed by atoms with Crippen molar-refractivity contribution in [2.45, 2.75) is 38.5 Å². The predicted molar refractivity (Wildman–Crippen MR) is 59.8 cm³/mol. The summed E-state index contributed by atoms with van der Waals surface area (Å²) < 4.78 is 5.16. The Morgan fingerprint density at radius 3 is 2.53 bits per heavy atom.